The van der Waals surface area contributed by atoms with Gasteiger partial charge < -0.3 is 0 Å². The summed E-state index contributed by atoms with van der Waals surface area (Å²) in [5.41, 5.74) is 1.70. The van der Waals surface area contributed by atoms with Crippen LogP contribution in [0.1, 0.15) is 49.8 Å². The van der Waals surface area contributed by atoms with Crippen LogP contribution in [0.15, 0.2) is 83.8 Å². The Morgan fingerprint density at radius 2 is 1.59 bits per heavy atom. The first-order chi connectivity index (χ1) is 17.4. The van der Waals surface area contributed by atoms with E-state index in [2.05, 4.69) is 13.8 Å². The van der Waals surface area contributed by atoms with Crippen LogP contribution in [0, 0.1) is 12.3 Å². The van der Waals surface area contributed by atoms with Gasteiger partial charge in [-0.1, -0.05) is 86.2 Å². The van der Waals surface area contributed by atoms with E-state index in [1.807, 2.05) is 19.1 Å². The molecule has 4 rings (SSSR count). The van der Waals surface area contributed by atoms with Crippen LogP contribution in [0.2, 0.25) is 0 Å². The zero-order valence-electron chi connectivity index (χ0n) is 21.3. The molecule has 196 valence electrons. The Balaban J connectivity index is 1.63. The van der Waals surface area contributed by atoms with Crippen LogP contribution < -0.4 is 0 Å². The largest absolute Gasteiger partial charge is 0.417 e. The maximum absolute atomic E-state index is 13.6. The van der Waals surface area contributed by atoms with Crippen molar-refractivity contribution in [3.8, 4) is 11.1 Å². The minimum atomic E-state index is -4.44. The van der Waals surface area contributed by atoms with Gasteiger partial charge in [0.05, 0.1) is 10.5 Å². The van der Waals surface area contributed by atoms with Crippen LogP contribution in [-0.2, 0) is 16.2 Å². The van der Waals surface area contributed by atoms with Crippen LogP contribution in [0.5, 0.6) is 0 Å². The average molecular weight is 528 g/mol. The molecule has 1 saturated heterocycles. The Kier molecular flexibility index (Phi) is 7.67. The molecule has 1 fully saturated rings. The van der Waals surface area contributed by atoms with Gasteiger partial charge in [0.2, 0.25) is 10.0 Å². The van der Waals surface area contributed by atoms with E-state index in [1.54, 1.807) is 58.9 Å². The van der Waals surface area contributed by atoms with E-state index in [-0.39, 0.29) is 21.9 Å². The summed E-state index contributed by atoms with van der Waals surface area (Å²) in [6.07, 6.45) is 1.71. The lowest BCUT2D eigenvalue weighted by Gasteiger charge is -2.30. The van der Waals surface area contributed by atoms with Gasteiger partial charge in [-0.05, 0) is 66.5 Å². The third-order valence-electron chi connectivity index (χ3n) is 6.96. The van der Waals surface area contributed by atoms with Crippen LogP contribution in [0.3, 0.4) is 0 Å². The highest BCUT2D eigenvalue weighted by Gasteiger charge is 2.36. The van der Waals surface area contributed by atoms with E-state index in [1.165, 1.54) is 12.1 Å². The summed E-state index contributed by atoms with van der Waals surface area (Å²) in [4.78, 5) is 0.281. The second-order valence-corrected chi connectivity index (χ2v) is 12.4. The maximum atomic E-state index is 13.6. The van der Waals surface area contributed by atoms with E-state index in [0.717, 1.165) is 30.0 Å². The van der Waals surface area contributed by atoms with Gasteiger partial charge in [0, 0.05) is 12.6 Å². The van der Waals surface area contributed by atoms with E-state index in [4.69, 9.17) is 0 Å². The SMILES string of the molecule is Cc1ccc(S(=O)(=O)N2CCCC(C)(C)CC2C=Cc2ccc(-c3ccccc3C(F)(F)F)cc2)cc1. The fraction of sp³-hybridized carbons (Fsp3) is 0.333. The summed E-state index contributed by atoms with van der Waals surface area (Å²) in [5.74, 6) is 0. The number of halogens is 3. The molecule has 3 nitrogen and oxygen atoms in total. The topological polar surface area (TPSA) is 37.4 Å². The highest BCUT2D eigenvalue weighted by molar-refractivity contribution is 7.89. The van der Waals surface area contributed by atoms with E-state index in [9.17, 15) is 21.6 Å². The molecule has 1 aliphatic heterocycles. The van der Waals surface area contributed by atoms with Crippen molar-refractivity contribution in [3.05, 3.63) is 95.6 Å². The summed E-state index contributed by atoms with van der Waals surface area (Å²) in [6.45, 7) is 6.66. The smallest absolute Gasteiger partial charge is 0.207 e. The molecule has 0 amide bonds. The van der Waals surface area contributed by atoms with Gasteiger partial charge in [0.1, 0.15) is 0 Å². The second-order valence-electron chi connectivity index (χ2n) is 10.5. The van der Waals surface area contributed by atoms with Crippen LogP contribution in [0.4, 0.5) is 13.2 Å². The van der Waals surface area contributed by atoms with Gasteiger partial charge >= 0.3 is 6.18 Å². The molecular weight excluding hydrogens is 495 g/mol. The molecule has 0 radical (unpaired) electrons. The Hall–Kier alpha value is -2.90. The van der Waals surface area contributed by atoms with Crippen molar-refractivity contribution in [2.45, 2.75) is 57.1 Å². The molecule has 0 N–H and O–H groups in total. The molecule has 0 aromatic heterocycles. The van der Waals surface area contributed by atoms with Crippen LogP contribution >= 0.6 is 0 Å². The molecule has 1 heterocycles. The Labute approximate surface area is 217 Å². The predicted molar refractivity (Wildman–Crippen MR) is 142 cm³/mol. The molecular formula is C30H32F3NO2S. The number of alkyl halides is 3. The molecule has 3 aromatic carbocycles. The monoisotopic (exact) mass is 527 g/mol. The van der Waals surface area contributed by atoms with Gasteiger partial charge in [-0.2, -0.15) is 17.5 Å². The molecule has 1 unspecified atom stereocenters. The predicted octanol–water partition coefficient (Wildman–Crippen LogP) is 7.96. The quantitative estimate of drug-likeness (QED) is 0.338. The molecule has 0 saturated carbocycles. The summed E-state index contributed by atoms with van der Waals surface area (Å²) in [6, 6.07) is 19.0. The molecule has 3 aromatic rings. The summed E-state index contributed by atoms with van der Waals surface area (Å²) in [5, 5.41) is 0. The fourth-order valence-electron chi connectivity index (χ4n) is 4.94. The Morgan fingerprint density at radius 1 is 0.946 bits per heavy atom. The first kappa shape index (κ1) is 27.1. The first-order valence-electron chi connectivity index (χ1n) is 12.4. The first-order valence-corrected chi connectivity index (χ1v) is 13.8. The number of sulfonamides is 1. The van der Waals surface area contributed by atoms with Gasteiger partial charge in [0.15, 0.2) is 0 Å². The van der Waals surface area contributed by atoms with Crippen molar-refractivity contribution >= 4 is 16.1 Å². The van der Waals surface area contributed by atoms with Crippen molar-refractivity contribution in [1.29, 1.82) is 0 Å². The lowest BCUT2D eigenvalue weighted by molar-refractivity contribution is -0.137. The summed E-state index contributed by atoms with van der Waals surface area (Å²) in [7, 11) is -3.69. The van der Waals surface area contributed by atoms with Crippen molar-refractivity contribution in [3.63, 3.8) is 0 Å². The van der Waals surface area contributed by atoms with Crippen molar-refractivity contribution in [1.82, 2.24) is 4.31 Å². The lowest BCUT2D eigenvalue weighted by atomic mass is 9.83. The summed E-state index contributed by atoms with van der Waals surface area (Å²) < 4.78 is 69.1. The van der Waals surface area contributed by atoms with E-state index < -0.39 is 21.8 Å². The molecule has 1 atom stereocenters. The van der Waals surface area contributed by atoms with Crippen molar-refractivity contribution in [2.75, 3.05) is 6.54 Å². The number of benzene rings is 3. The van der Waals surface area contributed by atoms with E-state index in [0.29, 0.717) is 18.5 Å². The third kappa shape index (κ3) is 6.33. The van der Waals surface area contributed by atoms with E-state index >= 15 is 0 Å². The Morgan fingerprint density at radius 3 is 2.24 bits per heavy atom. The molecule has 0 aliphatic carbocycles. The van der Waals surface area contributed by atoms with Crippen LogP contribution in [0.25, 0.3) is 17.2 Å². The molecule has 7 heteroatoms. The molecule has 1 aliphatic rings. The number of nitrogens with zero attached hydrogens (tertiary/aromatic N) is 1. The number of hydrogen-bond donors (Lipinski definition) is 0. The maximum Gasteiger partial charge on any atom is 0.417 e. The van der Waals surface area contributed by atoms with Gasteiger partial charge in [-0.15, -0.1) is 0 Å². The average Bonchev–Trinajstić information content (AvgIpc) is 3.00. The summed E-state index contributed by atoms with van der Waals surface area (Å²) >= 11 is 0. The van der Waals surface area contributed by atoms with Gasteiger partial charge in [-0.25, -0.2) is 8.42 Å². The normalized spacial score (nSPS) is 19.1. The fourth-order valence-corrected chi connectivity index (χ4v) is 6.56. The number of aryl methyl sites for hydroxylation is 1. The van der Waals surface area contributed by atoms with Crippen molar-refractivity contribution < 1.29 is 21.6 Å². The molecule has 0 spiro atoms. The van der Waals surface area contributed by atoms with Crippen molar-refractivity contribution in [2.24, 2.45) is 5.41 Å². The third-order valence-corrected chi connectivity index (χ3v) is 8.89. The van der Waals surface area contributed by atoms with Crippen LogP contribution in [-0.4, -0.2) is 25.3 Å². The van der Waals surface area contributed by atoms with Gasteiger partial charge in [-0.3, -0.25) is 0 Å². The minimum absolute atomic E-state index is 0.0300. The Bertz CT molecular complexity index is 1360. The molecule has 0 bridgehead atoms. The highest BCUT2D eigenvalue weighted by Crippen LogP contribution is 2.38. The highest BCUT2D eigenvalue weighted by atomic mass is 32.2. The minimum Gasteiger partial charge on any atom is -0.207 e. The number of rotatable bonds is 5. The number of hydrogen-bond acceptors (Lipinski definition) is 2. The zero-order chi connectivity index (χ0) is 26.8. The lowest BCUT2D eigenvalue weighted by Crippen LogP contribution is -2.39. The zero-order valence-corrected chi connectivity index (χ0v) is 22.1. The standard InChI is InChI=1S/C30H32F3NO2S/c1-22-9-17-26(18-10-22)37(35,36)34-20-6-19-29(2,3)21-25(34)16-13-23-11-14-24(15-12-23)27-7-4-5-8-28(27)30(31,32)33/h4-5,7-18,25H,6,19-21H2,1-3H3. The second kappa shape index (κ2) is 10.5. The van der Waals surface area contributed by atoms with Gasteiger partial charge in [0.25, 0.3) is 0 Å². The molecule has 37 heavy (non-hydrogen) atoms.